The van der Waals surface area contributed by atoms with E-state index in [4.69, 9.17) is 16.0 Å². The molecule has 21 heavy (non-hydrogen) atoms. The molecule has 1 unspecified atom stereocenters. The highest BCUT2D eigenvalue weighted by atomic mass is 79.9. The van der Waals surface area contributed by atoms with Gasteiger partial charge in [-0.25, -0.2) is 4.39 Å². The molecule has 2 rings (SSSR count). The number of nitrogens with zero attached hydrogens (tertiary/aromatic N) is 1. The number of furan rings is 1. The van der Waals surface area contributed by atoms with Crippen molar-refractivity contribution in [3.63, 3.8) is 0 Å². The lowest BCUT2D eigenvalue weighted by atomic mass is 10.0. The average molecular weight is 378 g/mol. The molecule has 8 heteroatoms. The van der Waals surface area contributed by atoms with Gasteiger partial charge in [0.25, 0.3) is 0 Å². The molecule has 0 amide bonds. The highest BCUT2D eigenvalue weighted by molar-refractivity contribution is 9.10. The van der Waals surface area contributed by atoms with E-state index in [9.17, 15) is 14.5 Å². The highest BCUT2D eigenvalue weighted by Crippen LogP contribution is 2.33. The smallest absolute Gasteiger partial charge is 0.404 e. The van der Waals surface area contributed by atoms with E-state index >= 15 is 0 Å². The maximum absolute atomic E-state index is 14.2. The summed E-state index contributed by atoms with van der Waals surface area (Å²) in [5, 5.41) is 14.1. The van der Waals surface area contributed by atoms with Crippen molar-refractivity contribution >= 4 is 33.4 Å². The zero-order valence-corrected chi connectivity index (χ0v) is 13.2. The minimum Gasteiger partial charge on any atom is -0.404 e. The Balaban J connectivity index is 2.47. The van der Waals surface area contributed by atoms with Crippen molar-refractivity contribution in [1.29, 1.82) is 0 Å². The van der Waals surface area contributed by atoms with Crippen LogP contribution < -0.4 is 5.32 Å². The first kappa shape index (κ1) is 15.9. The normalized spacial score (nSPS) is 12.4. The Hall–Kier alpha value is -1.44. The van der Waals surface area contributed by atoms with Crippen LogP contribution in [0.5, 0.6) is 0 Å². The number of hydrogen-bond donors (Lipinski definition) is 1. The molecular weight excluding hydrogens is 367 g/mol. The summed E-state index contributed by atoms with van der Waals surface area (Å²) < 4.78 is 19.7. The Kier molecular flexibility index (Phi) is 4.97. The van der Waals surface area contributed by atoms with Crippen LogP contribution in [0.15, 0.2) is 33.2 Å². The van der Waals surface area contributed by atoms with Crippen molar-refractivity contribution in [1.82, 2.24) is 5.32 Å². The predicted molar refractivity (Wildman–Crippen MR) is 80.0 cm³/mol. The van der Waals surface area contributed by atoms with Gasteiger partial charge >= 0.3 is 5.88 Å². The van der Waals surface area contributed by atoms with Crippen LogP contribution in [0, 0.1) is 15.9 Å². The predicted octanol–water partition coefficient (Wildman–Crippen LogP) is 4.44. The van der Waals surface area contributed by atoms with Crippen LogP contribution in [-0.2, 0) is 0 Å². The molecule has 0 spiro atoms. The molecule has 1 N–H and O–H groups in total. The maximum atomic E-state index is 14.2. The van der Waals surface area contributed by atoms with Crippen molar-refractivity contribution in [3.8, 4) is 0 Å². The molecule has 0 saturated carbocycles. The summed E-state index contributed by atoms with van der Waals surface area (Å²) in [6.07, 6.45) is 0. The monoisotopic (exact) mass is 376 g/mol. The van der Waals surface area contributed by atoms with E-state index in [2.05, 4.69) is 21.2 Å². The van der Waals surface area contributed by atoms with E-state index in [1.165, 1.54) is 24.3 Å². The van der Waals surface area contributed by atoms with Crippen molar-refractivity contribution in [2.24, 2.45) is 0 Å². The van der Waals surface area contributed by atoms with Crippen molar-refractivity contribution in [2.45, 2.75) is 13.0 Å². The minimum atomic E-state index is -0.658. The van der Waals surface area contributed by atoms with E-state index in [-0.39, 0.29) is 11.3 Å². The van der Waals surface area contributed by atoms with Crippen LogP contribution >= 0.6 is 27.5 Å². The lowest BCUT2D eigenvalue weighted by molar-refractivity contribution is -0.402. The first-order valence-electron chi connectivity index (χ1n) is 6.06. The number of rotatable bonds is 5. The van der Waals surface area contributed by atoms with Gasteiger partial charge in [0.1, 0.15) is 16.5 Å². The van der Waals surface area contributed by atoms with Gasteiger partial charge < -0.3 is 9.73 Å². The Morgan fingerprint density at radius 3 is 2.81 bits per heavy atom. The molecule has 0 fully saturated rings. The molecule has 1 atom stereocenters. The molecule has 0 aliphatic heterocycles. The van der Waals surface area contributed by atoms with Crippen LogP contribution in [0.4, 0.5) is 10.3 Å². The summed E-state index contributed by atoms with van der Waals surface area (Å²) >= 11 is 9.14. The molecule has 0 aliphatic carbocycles. The zero-order chi connectivity index (χ0) is 15.6. The van der Waals surface area contributed by atoms with Crippen molar-refractivity contribution in [3.05, 3.63) is 61.0 Å². The summed E-state index contributed by atoms with van der Waals surface area (Å²) in [5.41, 5.74) is 0.259. The third-order valence-corrected chi connectivity index (χ3v) is 4.03. The number of benzene rings is 1. The van der Waals surface area contributed by atoms with Gasteiger partial charge in [-0.05, 0) is 40.7 Å². The fraction of sp³-hybridized carbons (Fsp3) is 0.231. The van der Waals surface area contributed by atoms with Crippen LogP contribution in [0.2, 0.25) is 5.02 Å². The molecule has 112 valence electrons. The number of hydrogen-bond acceptors (Lipinski definition) is 4. The van der Waals surface area contributed by atoms with E-state index in [0.717, 1.165) is 0 Å². The quantitative estimate of drug-likeness (QED) is 0.475. The third-order valence-electron chi connectivity index (χ3n) is 2.84. The molecule has 0 aliphatic rings. The van der Waals surface area contributed by atoms with Gasteiger partial charge in [-0.1, -0.05) is 18.5 Å². The average Bonchev–Trinajstić information content (AvgIpc) is 2.90. The van der Waals surface area contributed by atoms with Gasteiger partial charge in [-0.2, -0.15) is 0 Å². The Labute approximate surface area is 133 Å². The van der Waals surface area contributed by atoms with Gasteiger partial charge in [-0.15, -0.1) is 0 Å². The summed E-state index contributed by atoms with van der Waals surface area (Å²) in [6, 6.07) is 4.73. The van der Waals surface area contributed by atoms with E-state index in [1.807, 2.05) is 6.92 Å². The van der Waals surface area contributed by atoms with Gasteiger partial charge in [0.2, 0.25) is 0 Å². The second-order valence-electron chi connectivity index (χ2n) is 4.21. The first-order valence-corrected chi connectivity index (χ1v) is 7.23. The summed E-state index contributed by atoms with van der Waals surface area (Å²) in [7, 11) is 0. The summed E-state index contributed by atoms with van der Waals surface area (Å²) in [5.74, 6) is -0.631. The molecule has 0 radical (unpaired) electrons. The second kappa shape index (κ2) is 6.55. The first-order chi connectivity index (χ1) is 9.93. The molecule has 1 aromatic carbocycles. The molecule has 0 bridgehead atoms. The summed E-state index contributed by atoms with van der Waals surface area (Å²) in [6.45, 7) is 2.36. The standard InChI is InChI=1S/C13H11BrClFN2O3/c1-2-17-13(11-3-4-12(21-11)18(19)20)7-5-9(15)8(14)6-10(7)16/h3-6,13,17H,2H2,1H3. The maximum Gasteiger partial charge on any atom is 0.433 e. The largest absolute Gasteiger partial charge is 0.433 e. The fourth-order valence-electron chi connectivity index (χ4n) is 1.92. The lowest BCUT2D eigenvalue weighted by Gasteiger charge is -2.17. The highest BCUT2D eigenvalue weighted by Gasteiger charge is 2.24. The van der Waals surface area contributed by atoms with Crippen LogP contribution in [0.3, 0.4) is 0 Å². The molecular formula is C13H11BrClFN2O3. The van der Waals surface area contributed by atoms with Crippen molar-refractivity contribution < 1.29 is 13.7 Å². The molecule has 1 heterocycles. The van der Waals surface area contributed by atoms with Gasteiger partial charge in [0, 0.05) is 10.0 Å². The topological polar surface area (TPSA) is 68.3 Å². The Morgan fingerprint density at radius 1 is 1.52 bits per heavy atom. The van der Waals surface area contributed by atoms with Gasteiger partial charge in [0.15, 0.2) is 0 Å². The lowest BCUT2D eigenvalue weighted by Crippen LogP contribution is -2.22. The van der Waals surface area contributed by atoms with Crippen LogP contribution in [-0.4, -0.2) is 11.5 Å². The molecule has 2 aromatic rings. The fourth-order valence-corrected chi connectivity index (χ4v) is 2.41. The molecule has 0 saturated heterocycles. The van der Waals surface area contributed by atoms with Crippen LogP contribution in [0.1, 0.15) is 24.3 Å². The number of halogens is 3. The Bertz CT molecular complexity index is 677. The zero-order valence-electron chi connectivity index (χ0n) is 10.9. The van der Waals surface area contributed by atoms with E-state index in [1.54, 1.807) is 0 Å². The van der Waals surface area contributed by atoms with Gasteiger partial charge in [-0.3, -0.25) is 10.1 Å². The molecule has 1 aromatic heterocycles. The number of nitrogens with one attached hydrogen (secondary N) is 1. The van der Waals surface area contributed by atoms with Crippen molar-refractivity contribution in [2.75, 3.05) is 6.54 Å². The van der Waals surface area contributed by atoms with E-state index < -0.39 is 22.7 Å². The molecule has 5 nitrogen and oxygen atoms in total. The van der Waals surface area contributed by atoms with Crippen LogP contribution in [0.25, 0.3) is 0 Å². The Morgan fingerprint density at radius 2 is 2.24 bits per heavy atom. The third kappa shape index (κ3) is 3.42. The summed E-state index contributed by atoms with van der Waals surface area (Å²) in [4.78, 5) is 10.0. The van der Waals surface area contributed by atoms with Gasteiger partial charge in [0.05, 0.1) is 17.1 Å². The number of nitro groups is 1. The van der Waals surface area contributed by atoms with E-state index in [0.29, 0.717) is 16.0 Å². The second-order valence-corrected chi connectivity index (χ2v) is 5.47. The SMILES string of the molecule is CCNC(c1ccc([N+](=O)[O-])o1)c1cc(Cl)c(Br)cc1F. The minimum absolute atomic E-state index is 0.251.